The van der Waals surface area contributed by atoms with Crippen LogP contribution >= 0.6 is 22.9 Å². The maximum Gasteiger partial charge on any atom is 0.394 e. The summed E-state index contributed by atoms with van der Waals surface area (Å²) in [6.45, 7) is 0. The summed E-state index contributed by atoms with van der Waals surface area (Å²) in [4.78, 5) is 7.85. The van der Waals surface area contributed by atoms with Crippen LogP contribution in [-0.4, -0.2) is 16.1 Å². The molecular formula is C15H10ClF3N2S. The third-order valence-electron chi connectivity index (χ3n) is 3.03. The van der Waals surface area contributed by atoms with Gasteiger partial charge in [-0.3, -0.25) is 0 Å². The zero-order valence-corrected chi connectivity index (χ0v) is 12.7. The van der Waals surface area contributed by atoms with Crippen LogP contribution < -0.4 is 0 Å². The highest BCUT2D eigenvalue weighted by Crippen LogP contribution is 2.33. The fourth-order valence-corrected chi connectivity index (χ4v) is 2.97. The predicted molar refractivity (Wildman–Crippen MR) is 82.1 cm³/mol. The Labute approximate surface area is 133 Å². The number of aromatic nitrogens is 2. The number of imidazole rings is 1. The lowest BCUT2D eigenvalue weighted by Crippen LogP contribution is -2.12. The van der Waals surface area contributed by atoms with E-state index >= 15 is 0 Å². The zero-order chi connectivity index (χ0) is 15.7. The van der Waals surface area contributed by atoms with Crippen molar-refractivity contribution in [2.24, 2.45) is 0 Å². The lowest BCUT2D eigenvalue weighted by Gasteiger charge is -2.05. The molecule has 7 heteroatoms. The first-order chi connectivity index (χ1) is 10.4. The van der Waals surface area contributed by atoms with E-state index in [0.717, 1.165) is 0 Å². The van der Waals surface area contributed by atoms with E-state index in [0.29, 0.717) is 27.0 Å². The van der Waals surface area contributed by atoms with Gasteiger partial charge in [-0.05, 0) is 35.7 Å². The number of hydrogen-bond donors (Lipinski definition) is 1. The predicted octanol–water partition coefficient (Wildman–Crippen LogP) is 5.56. The maximum atomic E-state index is 12.8. The summed E-state index contributed by atoms with van der Waals surface area (Å²) < 4.78 is 38.3. The Morgan fingerprint density at radius 1 is 1.14 bits per heavy atom. The molecule has 0 radical (unpaired) electrons. The second-order valence-electron chi connectivity index (χ2n) is 4.69. The van der Waals surface area contributed by atoms with Crippen LogP contribution in [0.25, 0.3) is 22.0 Å². The molecule has 0 fully saturated rings. The minimum Gasteiger partial charge on any atom is -0.341 e. The molecule has 0 aliphatic heterocycles. The first-order valence-corrected chi connectivity index (χ1v) is 7.63. The molecule has 0 aliphatic carbocycles. The molecule has 1 aromatic carbocycles. The van der Waals surface area contributed by atoms with Crippen molar-refractivity contribution in [2.75, 3.05) is 0 Å². The van der Waals surface area contributed by atoms with Crippen LogP contribution in [0, 0.1) is 0 Å². The Morgan fingerprint density at radius 3 is 2.45 bits per heavy atom. The average molecular weight is 343 g/mol. The molecule has 0 unspecified atom stereocenters. The number of halogens is 4. The average Bonchev–Trinajstić information content (AvgIpc) is 3.06. The topological polar surface area (TPSA) is 28.7 Å². The van der Waals surface area contributed by atoms with Gasteiger partial charge in [-0.2, -0.15) is 13.2 Å². The monoisotopic (exact) mass is 342 g/mol. The van der Waals surface area contributed by atoms with Crippen molar-refractivity contribution in [2.45, 2.75) is 12.6 Å². The number of hydrogen-bond acceptors (Lipinski definition) is 2. The summed E-state index contributed by atoms with van der Waals surface area (Å²) in [6, 6.07) is 10.3. The fourth-order valence-electron chi connectivity index (χ4n) is 2.10. The lowest BCUT2D eigenvalue weighted by molar-refractivity contribution is -0.127. The van der Waals surface area contributed by atoms with Gasteiger partial charge >= 0.3 is 6.18 Å². The van der Waals surface area contributed by atoms with E-state index in [1.807, 2.05) is 5.38 Å². The van der Waals surface area contributed by atoms with Gasteiger partial charge in [0, 0.05) is 10.6 Å². The molecular weight excluding hydrogens is 333 g/mol. The Bertz CT molecular complexity index is 761. The minimum absolute atomic E-state index is 0.0694. The Kier molecular flexibility index (Phi) is 3.97. The molecule has 0 bridgehead atoms. The van der Waals surface area contributed by atoms with Gasteiger partial charge in [0.25, 0.3) is 0 Å². The number of alkyl halides is 3. The van der Waals surface area contributed by atoms with Crippen LogP contribution in [0.4, 0.5) is 13.2 Å². The normalized spacial score (nSPS) is 11.8. The molecule has 114 valence electrons. The highest BCUT2D eigenvalue weighted by atomic mass is 35.5. The smallest absolute Gasteiger partial charge is 0.341 e. The number of thiophene rings is 1. The van der Waals surface area contributed by atoms with Crippen molar-refractivity contribution < 1.29 is 13.2 Å². The molecule has 22 heavy (non-hydrogen) atoms. The molecule has 3 rings (SSSR count). The third kappa shape index (κ3) is 3.34. The summed E-state index contributed by atoms with van der Waals surface area (Å²) >= 11 is 7.18. The van der Waals surface area contributed by atoms with E-state index < -0.39 is 12.6 Å². The zero-order valence-electron chi connectivity index (χ0n) is 11.1. The van der Waals surface area contributed by atoms with E-state index in [4.69, 9.17) is 11.6 Å². The quantitative estimate of drug-likeness (QED) is 0.663. The molecule has 2 aromatic heterocycles. The molecule has 0 aliphatic rings. The van der Waals surface area contributed by atoms with Gasteiger partial charge in [0.05, 0.1) is 17.0 Å². The van der Waals surface area contributed by atoms with Crippen LogP contribution in [0.15, 0.2) is 41.8 Å². The second-order valence-corrected chi connectivity index (χ2v) is 6.07. The van der Waals surface area contributed by atoms with Crippen molar-refractivity contribution in [3.8, 4) is 22.0 Å². The Balaban J connectivity index is 2.06. The number of aromatic amines is 1. The molecule has 3 aromatic rings. The Hall–Kier alpha value is -1.79. The summed E-state index contributed by atoms with van der Waals surface area (Å²) in [5.74, 6) is 0.402. The van der Waals surface area contributed by atoms with E-state index in [1.54, 1.807) is 36.4 Å². The van der Waals surface area contributed by atoms with Crippen LogP contribution in [0.3, 0.4) is 0 Å². The third-order valence-corrected chi connectivity index (χ3v) is 4.16. The van der Waals surface area contributed by atoms with Gasteiger partial charge in [-0.15, -0.1) is 11.3 Å². The second kappa shape index (κ2) is 5.78. The summed E-state index contributed by atoms with van der Waals surface area (Å²) in [7, 11) is 0. The molecule has 0 atom stereocenters. The molecule has 0 spiro atoms. The molecule has 0 saturated carbocycles. The first-order valence-electron chi connectivity index (χ1n) is 6.38. The molecule has 2 nitrogen and oxygen atoms in total. The van der Waals surface area contributed by atoms with Crippen LogP contribution in [-0.2, 0) is 6.42 Å². The largest absolute Gasteiger partial charge is 0.394 e. The van der Waals surface area contributed by atoms with Crippen molar-refractivity contribution in [3.63, 3.8) is 0 Å². The molecule has 0 saturated heterocycles. The van der Waals surface area contributed by atoms with Crippen LogP contribution in [0.1, 0.15) is 5.69 Å². The van der Waals surface area contributed by atoms with E-state index in [2.05, 4.69) is 9.97 Å². The van der Waals surface area contributed by atoms with Gasteiger partial charge in [0.2, 0.25) is 0 Å². The number of H-pyrrole nitrogens is 1. The number of benzene rings is 1. The minimum atomic E-state index is -4.30. The van der Waals surface area contributed by atoms with Crippen LogP contribution in [0.2, 0.25) is 5.02 Å². The van der Waals surface area contributed by atoms with Crippen molar-refractivity contribution in [1.29, 1.82) is 0 Å². The maximum absolute atomic E-state index is 12.8. The fraction of sp³-hybridized carbons (Fsp3) is 0.133. The number of nitrogens with zero attached hydrogens (tertiary/aromatic N) is 1. The highest BCUT2D eigenvalue weighted by molar-refractivity contribution is 7.13. The highest BCUT2D eigenvalue weighted by Gasteiger charge is 2.31. The van der Waals surface area contributed by atoms with Gasteiger partial charge in [-0.1, -0.05) is 17.7 Å². The van der Waals surface area contributed by atoms with Crippen LogP contribution in [0.5, 0.6) is 0 Å². The van der Waals surface area contributed by atoms with Gasteiger partial charge in [0.1, 0.15) is 11.5 Å². The summed E-state index contributed by atoms with van der Waals surface area (Å²) in [5.41, 5.74) is 1.10. The van der Waals surface area contributed by atoms with Gasteiger partial charge in [0.15, 0.2) is 0 Å². The molecule has 2 heterocycles. The first kappa shape index (κ1) is 15.1. The van der Waals surface area contributed by atoms with Gasteiger partial charge in [-0.25, -0.2) is 4.98 Å². The SMILES string of the molecule is FC(F)(F)Cc1[nH]c(-c2ccc(Cl)cc2)nc1-c1cccs1. The summed E-state index contributed by atoms with van der Waals surface area (Å²) in [6.07, 6.45) is -5.34. The number of nitrogens with one attached hydrogen (secondary N) is 1. The number of rotatable bonds is 3. The summed E-state index contributed by atoms with van der Waals surface area (Å²) in [5, 5.41) is 2.37. The van der Waals surface area contributed by atoms with Crippen molar-refractivity contribution >= 4 is 22.9 Å². The van der Waals surface area contributed by atoms with E-state index in [9.17, 15) is 13.2 Å². The van der Waals surface area contributed by atoms with E-state index in [1.165, 1.54) is 11.3 Å². The van der Waals surface area contributed by atoms with Gasteiger partial charge < -0.3 is 4.98 Å². The van der Waals surface area contributed by atoms with Crippen molar-refractivity contribution in [1.82, 2.24) is 9.97 Å². The van der Waals surface area contributed by atoms with Crippen molar-refractivity contribution in [3.05, 3.63) is 52.5 Å². The lowest BCUT2D eigenvalue weighted by atomic mass is 10.2. The molecule has 1 N–H and O–H groups in total. The standard InChI is InChI=1S/C15H10ClF3N2S/c16-10-5-3-9(4-6-10)14-20-11(8-15(17,18)19)13(21-14)12-2-1-7-22-12/h1-7H,8H2,(H,20,21). The molecule has 0 amide bonds. The Morgan fingerprint density at radius 2 is 1.86 bits per heavy atom. The van der Waals surface area contributed by atoms with E-state index in [-0.39, 0.29) is 5.69 Å².